The predicted molar refractivity (Wildman–Crippen MR) is 133 cm³/mol. The van der Waals surface area contributed by atoms with Gasteiger partial charge in [-0.15, -0.1) is 0 Å². The summed E-state index contributed by atoms with van der Waals surface area (Å²) in [7, 11) is 0. The third kappa shape index (κ3) is 4.80. The number of likely N-dealkylation sites (tertiary alicyclic amines) is 1. The molecule has 0 aromatic heterocycles. The third-order valence-corrected chi connectivity index (χ3v) is 6.96. The molecule has 2 aliphatic rings. The van der Waals surface area contributed by atoms with E-state index in [1.165, 1.54) is 29.2 Å². The largest absolute Gasteiger partial charge is 0.491 e. The Labute approximate surface area is 208 Å². The first kappa shape index (κ1) is 23.9. The van der Waals surface area contributed by atoms with Crippen LogP contribution in [-0.4, -0.2) is 70.5 Å². The topological polar surface area (TPSA) is 113 Å². The van der Waals surface area contributed by atoms with Crippen LogP contribution in [-0.2, 0) is 0 Å². The molecule has 2 amide bonds. The molecule has 186 valence electrons. The number of carbonyl (C=O) groups is 2. The standard InChI is InChI=1S/C27H27N3O6/c31-21(17-36-22-9-7-20(8-10-22)30(34)35)16-28-13-11-18(12-14-28)15-29-26(32)23-5-1-3-19-4-2-6-24(25(19)23)27(29)33/h1-10,18,21,31H,11-17H2/t21-/m1/s1. The first-order valence-corrected chi connectivity index (χ1v) is 12.1. The molecular formula is C27H27N3O6. The fourth-order valence-electron chi connectivity index (χ4n) is 5.06. The Bertz CT molecular complexity index is 1250. The van der Waals surface area contributed by atoms with E-state index in [-0.39, 0.29) is 30.0 Å². The normalized spacial score (nSPS) is 17.4. The van der Waals surface area contributed by atoms with Crippen LogP contribution in [0.25, 0.3) is 10.8 Å². The van der Waals surface area contributed by atoms with Crippen LogP contribution in [0, 0.1) is 16.0 Å². The van der Waals surface area contributed by atoms with Crippen LogP contribution >= 0.6 is 0 Å². The second kappa shape index (κ2) is 10.0. The monoisotopic (exact) mass is 489 g/mol. The Morgan fingerprint density at radius 1 is 0.972 bits per heavy atom. The number of rotatable bonds is 8. The van der Waals surface area contributed by atoms with E-state index >= 15 is 0 Å². The number of imide groups is 1. The van der Waals surface area contributed by atoms with Crippen molar-refractivity contribution >= 4 is 28.3 Å². The molecule has 0 saturated carbocycles. The van der Waals surface area contributed by atoms with E-state index in [0.717, 1.165) is 36.7 Å². The molecular weight excluding hydrogens is 462 g/mol. The quantitative estimate of drug-likeness (QED) is 0.293. The molecule has 1 atom stereocenters. The van der Waals surface area contributed by atoms with Crippen molar-refractivity contribution < 1.29 is 24.4 Å². The van der Waals surface area contributed by atoms with Crippen molar-refractivity contribution in [1.82, 2.24) is 9.80 Å². The van der Waals surface area contributed by atoms with Gasteiger partial charge in [0.2, 0.25) is 0 Å². The molecule has 2 heterocycles. The molecule has 1 fully saturated rings. The molecule has 1 saturated heterocycles. The number of carbonyl (C=O) groups excluding carboxylic acids is 2. The predicted octanol–water partition coefficient (Wildman–Crippen LogP) is 3.50. The Hall–Kier alpha value is -3.82. The maximum Gasteiger partial charge on any atom is 0.269 e. The summed E-state index contributed by atoms with van der Waals surface area (Å²) in [5.41, 5.74) is 1.15. The number of nitro benzene ring substituents is 1. The van der Waals surface area contributed by atoms with Gasteiger partial charge in [-0.05, 0) is 61.5 Å². The summed E-state index contributed by atoms with van der Waals surface area (Å²) in [4.78, 5) is 40.1. The van der Waals surface area contributed by atoms with Gasteiger partial charge >= 0.3 is 0 Å². The van der Waals surface area contributed by atoms with Crippen LogP contribution in [0.15, 0.2) is 60.7 Å². The summed E-state index contributed by atoms with van der Waals surface area (Å²) in [6.45, 7) is 2.42. The van der Waals surface area contributed by atoms with E-state index in [0.29, 0.717) is 30.0 Å². The number of nitrogens with zero attached hydrogens (tertiary/aromatic N) is 3. The zero-order chi connectivity index (χ0) is 25.2. The Morgan fingerprint density at radius 3 is 2.17 bits per heavy atom. The summed E-state index contributed by atoms with van der Waals surface area (Å²) in [5, 5.41) is 22.8. The number of non-ortho nitro benzene ring substituents is 1. The number of amides is 2. The van der Waals surface area contributed by atoms with Gasteiger partial charge < -0.3 is 14.7 Å². The zero-order valence-electron chi connectivity index (χ0n) is 19.7. The number of aliphatic hydroxyl groups is 1. The highest BCUT2D eigenvalue weighted by Crippen LogP contribution is 2.31. The minimum absolute atomic E-state index is 0.0139. The Kier molecular flexibility index (Phi) is 6.67. The van der Waals surface area contributed by atoms with Gasteiger partial charge in [0.15, 0.2) is 0 Å². The van der Waals surface area contributed by atoms with Crippen molar-refractivity contribution in [3.8, 4) is 5.75 Å². The van der Waals surface area contributed by atoms with E-state index in [1.807, 2.05) is 24.3 Å². The molecule has 36 heavy (non-hydrogen) atoms. The van der Waals surface area contributed by atoms with Crippen LogP contribution in [0.4, 0.5) is 5.69 Å². The van der Waals surface area contributed by atoms with Crippen molar-refractivity contribution in [1.29, 1.82) is 0 Å². The molecule has 0 unspecified atom stereocenters. The lowest BCUT2D eigenvalue weighted by molar-refractivity contribution is -0.384. The number of β-amino-alcohol motifs (C(OH)–C–C–N with tert-alkyl or cyclic N) is 1. The lowest BCUT2D eigenvalue weighted by Crippen LogP contribution is -2.46. The lowest BCUT2D eigenvalue weighted by atomic mass is 9.91. The molecule has 9 nitrogen and oxygen atoms in total. The average Bonchev–Trinajstić information content (AvgIpc) is 2.89. The fraction of sp³-hybridized carbons (Fsp3) is 0.333. The number of hydrogen-bond donors (Lipinski definition) is 1. The van der Waals surface area contributed by atoms with Crippen LogP contribution in [0.2, 0.25) is 0 Å². The highest BCUT2D eigenvalue weighted by molar-refractivity contribution is 6.25. The van der Waals surface area contributed by atoms with E-state index in [2.05, 4.69) is 4.90 Å². The van der Waals surface area contributed by atoms with Gasteiger partial charge in [-0.2, -0.15) is 0 Å². The zero-order valence-corrected chi connectivity index (χ0v) is 19.7. The van der Waals surface area contributed by atoms with Gasteiger partial charge in [0.1, 0.15) is 18.5 Å². The van der Waals surface area contributed by atoms with Gasteiger partial charge in [0.25, 0.3) is 17.5 Å². The number of hydrogen-bond acceptors (Lipinski definition) is 7. The number of aliphatic hydroxyl groups excluding tert-OH is 1. The number of nitro groups is 1. The summed E-state index contributed by atoms with van der Waals surface area (Å²) < 4.78 is 5.56. The first-order valence-electron chi connectivity index (χ1n) is 12.1. The summed E-state index contributed by atoms with van der Waals surface area (Å²) in [6, 6.07) is 16.9. The van der Waals surface area contributed by atoms with E-state index in [4.69, 9.17) is 4.74 Å². The summed E-state index contributed by atoms with van der Waals surface area (Å²) in [6.07, 6.45) is 0.927. The van der Waals surface area contributed by atoms with Crippen molar-refractivity contribution in [2.45, 2.75) is 18.9 Å². The van der Waals surface area contributed by atoms with Crippen LogP contribution < -0.4 is 4.74 Å². The van der Waals surface area contributed by atoms with Crippen LogP contribution in [0.3, 0.4) is 0 Å². The van der Waals surface area contributed by atoms with Gasteiger partial charge in [-0.3, -0.25) is 24.6 Å². The summed E-state index contributed by atoms with van der Waals surface area (Å²) in [5.74, 6) is 0.203. The number of benzene rings is 3. The smallest absolute Gasteiger partial charge is 0.269 e. The van der Waals surface area contributed by atoms with Gasteiger partial charge in [-0.1, -0.05) is 24.3 Å². The van der Waals surface area contributed by atoms with Gasteiger partial charge in [0, 0.05) is 41.7 Å². The molecule has 0 radical (unpaired) electrons. The summed E-state index contributed by atoms with van der Waals surface area (Å²) >= 11 is 0. The minimum Gasteiger partial charge on any atom is -0.491 e. The minimum atomic E-state index is -0.709. The maximum absolute atomic E-state index is 13.2. The van der Waals surface area contributed by atoms with E-state index in [9.17, 15) is 24.8 Å². The van der Waals surface area contributed by atoms with Crippen LogP contribution in [0.1, 0.15) is 33.6 Å². The Morgan fingerprint density at radius 2 is 1.58 bits per heavy atom. The number of piperidine rings is 1. The van der Waals surface area contributed by atoms with Crippen LogP contribution in [0.5, 0.6) is 5.75 Å². The maximum atomic E-state index is 13.2. The molecule has 9 heteroatoms. The van der Waals surface area contributed by atoms with Crippen molar-refractivity contribution in [3.05, 3.63) is 81.9 Å². The highest BCUT2D eigenvalue weighted by Gasteiger charge is 2.34. The fourth-order valence-corrected chi connectivity index (χ4v) is 5.06. The third-order valence-electron chi connectivity index (χ3n) is 6.96. The molecule has 0 bridgehead atoms. The second-order valence-corrected chi connectivity index (χ2v) is 9.39. The molecule has 2 aliphatic heterocycles. The second-order valence-electron chi connectivity index (χ2n) is 9.39. The van der Waals surface area contributed by atoms with Crippen molar-refractivity contribution in [2.24, 2.45) is 5.92 Å². The van der Waals surface area contributed by atoms with Crippen molar-refractivity contribution in [3.63, 3.8) is 0 Å². The average molecular weight is 490 g/mol. The molecule has 3 aromatic rings. The first-order chi connectivity index (χ1) is 17.4. The van der Waals surface area contributed by atoms with Crippen molar-refractivity contribution in [2.75, 3.05) is 32.8 Å². The van der Waals surface area contributed by atoms with Gasteiger partial charge in [0.05, 0.1) is 4.92 Å². The molecule has 0 aliphatic carbocycles. The van der Waals surface area contributed by atoms with E-state index in [1.54, 1.807) is 12.1 Å². The molecule has 3 aromatic carbocycles. The number of ether oxygens (including phenoxy) is 1. The molecule has 1 N–H and O–H groups in total. The molecule has 0 spiro atoms. The highest BCUT2D eigenvalue weighted by atomic mass is 16.6. The van der Waals surface area contributed by atoms with E-state index < -0.39 is 11.0 Å². The Balaban J connectivity index is 1.12. The SMILES string of the molecule is O=C1c2cccc3cccc(c23)C(=O)N1CC1CCN(C[C@@H](O)COc2ccc([N+](=O)[O-])cc2)CC1. The van der Waals surface area contributed by atoms with Gasteiger partial charge in [-0.25, -0.2) is 0 Å². The molecule has 5 rings (SSSR count). The lowest BCUT2D eigenvalue weighted by Gasteiger charge is -2.36.